The predicted octanol–water partition coefficient (Wildman–Crippen LogP) is 1.70. The summed E-state index contributed by atoms with van der Waals surface area (Å²) in [7, 11) is 0. The highest BCUT2D eigenvalue weighted by Gasteiger charge is 2.48. The van der Waals surface area contributed by atoms with E-state index in [-0.39, 0.29) is 30.5 Å². The number of hydrogen-bond acceptors (Lipinski definition) is 9. The maximum atomic E-state index is 12.6. The average Bonchev–Trinajstić information content (AvgIpc) is 2.97. The minimum atomic E-state index is -1.56. The second kappa shape index (κ2) is 8.17. The third-order valence-corrected chi connectivity index (χ3v) is 5.44. The lowest BCUT2D eigenvalue weighted by Gasteiger charge is -2.46. The van der Waals surface area contributed by atoms with E-state index in [9.17, 15) is 24.3 Å². The van der Waals surface area contributed by atoms with Gasteiger partial charge in [-0.2, -0.15) is 0 Å². The van der Waals surface area contributed by atoms with Crippen molar-refractivity contribution in [2.75, 3.05) is 24.5 Å². The molecule has 1 aromatic rings. The van der Waals surface area contributed by atoms with Gasteiger partial charge in [-0.1, -0.05) is 0 Å². The number of thioether (sulfide) groups is 1. The van der Waals surface area contributed by atoms with Gasteiger partial charge in [0.15, 0.2) is 5.54 Å². The monoisotopic (exact) mass is 449 g/mol. The molecule has 2 aliphatic rings. The van der Waals surface area contributed by atoms with Crippen molar-refractivity contribution in [3.8, 4) is 0 Å². The van der Waals surface area contributed by atoms with Crippen molar-refractivity contribution in [1.29, 1.82) is 0 Å². The molecule has 0 aliphatic carbocycles. The first-order valence-corrected chi connectivity index (χ1v) is 10.3. The molecule has 0 aromatic carbocycles. The van der Waals surface area contributed by atoms with Gasteiger partial charge in [0.05, 0.1) is 17.1 Å². The Bertz CT molecular complexity index is 975. The number of anilines is 1. The Balaban J connectivity index is 1.83. The molecule has 2 saturated heterocycles. The van der Waals surface area contributed by atoms with Crippen LogP contribution in [-0.2, 0) is 14.3 Å². The summed E-state index contributed by atoms with van der Waals surface area (Å²) in [6, 6.07) is 1.57. The Morgan fingerprint density at radius 1 is 1.32 bits per heavy atom. The Morgan fingerprint density at radius 2 is 2.03 bits per heavy atom. The number of aliphatic carboxylic acids is 1. The smallest absolute Gasteiger partial charge is 0.411 e. The number of amides is 3. The molecule has 2 aliphatic heterocycles. The molecule has 31 heavy (non-hydrogen) atoms. The van der Waals surface area contributed by atoms with Gasteiger partial charge in [-0.25, -0.2) is 19.6 Å². The molecule has 0 radical (unpaired) electrons. The Hall–Kier alpha value is -3.15. The van der Waals surface area contributed by atoms with Gasteiger partial charge in [-0.3, -0.25) is 19.8 Å². The second-order valence-electron chi connectivity index (χ2n) is 8.27. The predicted molar refractivity (Wildman–Crippen MR) is 112 cm³/mol. The summed E-state index contributed by atoms with van der Waals surface area (Å²) in [6.07, 6.45) is 2.24. The van der Waals surface area contributed by atoms with Gasteiger partial charge in [0, 0.05) is 19.3 Å². The summed E-state index contributed by atoms with van der Waals surface area (Å²) < 4.78 is 5.37. The first-order valence-electron chi connectivity index (χ1n) is 9.46. The first kappa shape index (κ1) is 22.5. The first-order chi connectivity index (χ1) is 14.4. The van der Waals surface area contributed by atoms with Crippen molar-refractivity contribution in [2.45, 2.75) is 38.8 Å². The van der Waals surface area contributed by atoms with Crippen molar-refractivity contribution in [3.05, 3.63) is 22.9 Å². The fourth-order valence-electron chi connectivity index (χ4n) is 3.12. The molecule has 12 heteroatoms. The number of carboxylic acid groups (broad SMARTS) is 1. The molecule has 1 unspecified atom stereocenters. The van der Waals surface area contributed by atoms with Crippen LogP contribution in [0.4, 0.5) is 15.5 Å². The van der Waals surface area contributed by atoms with E-state index < -0.39 is 34.3 Å². The van der Waals surface area contributed by atoms with E-state index in [2.05, 4.69) is 15.3 Å². The van der Waals surface area contributed by atoms with Gasteiger partial charge in [0.1, 0.15) is 5.60 Å². The number of carbonyl (C=O) groups is 4. The van der Waals surface area contributed by atoms with Crippen LogP contribution in [0, 0.1) is 0 Å². The third kappa shape index (κ3) is 4.95. The van der Waals surface area contributed by atoms with Crippen LogP contribution in [0.25, 0.3) is 6.08 Å². The lowest BCUT2D eigenvalue weighted by atomic mass is 9.97. The van der Waals surface area contributed by atoms with Crippen LogP contribution >= 0.6 is 11.8 Å². The largest absolute Gasteiger partial charge is 0.479 e. The summed E-state index contributed by atoms with van der Waals surface area (Å²) in [6.45, 7) is 6.91. The molecule has 3 heterocycles. The summed E-state index contributed by atoms with van der Waals surface area (Å²) in [5.74, 6) is -1.43. The van der Waals surface area contributed by atoms with Gasteiger partial charge < -0.3 is 14.7 Å². The topological polar surface area (TPSA) is 142 Å². The Morgan fingerprint density at radius 3 is 2.61 bits per heavy atom. The lowest BCUT2D eigenvalue weighted by Crippen LogP contribution is -2.67. The van der Waals surface area contributed by atoms with E-state index in [1.54, 1.807) is 31.7 Å². The molecule has 11 nitrogen and oxygen atoms in total. The Kier molecular flexibility index (Phi) is 5.94. The van der Waals surface area contributed by atoms with Gasteiger partial charge >= 0.3 is 12.1 Å². The second-order valence-corrected chi connectivity index (χ2v) is 9.28. The quantitative estimate of drug-likeness (QED) is 0.655. The van der Waals surface area contributed by atoms with Gasteiger partial charge in [-0.15, -0.1) is 0 Å². The van der Waals surface area contributed by atoms with E-state index in [1.807, 2.05) is 0 Å². The molecule has 3 amide bonds. The van der Waals surface area contributed by atoms with Crippen LogP contribution in [-0.4, -0.2) is 74.0 Å². The molecule has 2 fully saturated rings. The van der Waals surface area contributed by atoms with Crippen LogP contribution in [0.3, 0.4) is 0 Å². The van der Waals surface area contributed by atoms with Gasteiger partial charge in [-0.05, 0) is 51.6 Å². The number of rotatable bonds is 3. The van der Waals surface area contributed by atoms with Crippen molar-refractivity contribution in [3.63, 3.8) is 0 Å². The number of nitrogens with one attached hydrogen (secondary N) is 1. The number of piperazine rings is 1. The molecule has 3 rings (SSSR count). The lowest BCUT2D eigenvalue weighted by molar-refractivity contribution is -0.150. The summed E-state index contributed by atoms with van der Waals surface area (Å²) in [5, 5.41) is 11.6. The minimum Gasteiger partial charge on any atom is -0.479 e. The number of carbonyl (C=O) groups excluding carboxylic acids is 3. The van der Waals surface area contributed by atoms with Crippen molar-refractivity contribution >= 4 is 47.0 Å². The number of hydrogen-bond donors (Lipinski definition) is 2. The van der Waals surface area contributed by atoms with E-state index >= 15 is 0 Å². The van der Waals surface area contributed by atoms with Gasteiger partial charge in [0.2, 0.25) is 5.95 Å². The molecule has 166 valence electrons. The maximum absolute atomic E-state index is 12.6. The normalized spacial score (nSPS) is 23.2. The zero-order valence-corrected chi connectivity index (χ0v) is 18.4. The highest BCUT2D eigenvalue weighted by Crippen LogP contribution is 2.28. The molecule has 0 bridgehead atoms. The number of aromatic nitrogens is 2. The van der Waals surface area contributed by atoms with Crippen molar-refractivity contribution in [2.24, 2.45) is 0 Å². The summed E-state index contributed by atoms with van der Waals surface area (Å²) >= 11 is 0.773. The van der Waals surface area contributed by atoms with Crippen molar-refractivity contribution in [1.82, 2.24) is 20.2 Å². The SMILES string of the molecule is CC(C)(C)OC(=O)N1CCN(c2nccc(C=C3SC(=O)NC3=O)n2)CC1(C)C(=O)O. The maximum Gasteiger partial charge on any atom is 0.411 e. The average molecular weight is 449 g/mol. The van der Waals surface area contributed by atoms with E-state index in [1.165, 1.54) is 24.1 Å². The van der Waals surface area contributed by atoms with Crippen LogP contribution < -0.4 is 10.2 Å². The third-order valence-electron chi connectivity index (χ3n) is 4.63. The zero-order valence-electron chi connectivity index (χ0n) is 17.5. The number of carboxylic acids is 1. The molecule has 2 N–H and O–H groups in total. The minimum absolute atomic E-state index is 0.0602. The van der Waals surface area contributed by atoms with Crippen LogP contribution in [0.15, 0.2) is 17.2 Å². The molecular formula is C19H23N5O6S. The number of nitrogens with zero attached hydrogens (tertiary/aromatic N) is 4. The summed E-state index contributed by atoms with van der Waals surface area (Å²) in [4.78, 5) is 59.4. The van der Waals surface area contributed by atoms with Gasteiger partial charge in [0.25, 0.3) is 11.1 Å². The number of ether oxygens (including phenoxy) is 1. The van der Waals surface area contributed by atoms with Crippen LogP contribution in [0.2, 0.25) is 0 Å². The van der Waals surface area contributed by atoms with Crippen LogP contribution in [0.1, 0.15) is 33.4 Å². The fraction of sp³-hybridized carbons (Fsp3) is 0.474. The molecule has 1 atom stereocenters. The zero-order chi connectivity index (χ0) is 23.0. The van der Waals surface area contributed by atoms with Crippen molar-refractivity contribution < 1.29 is 29.0 Å². The molecule has 0 saturated carbocycles. The molecular weight excluding hydrogens is 426 g/mol. The highest BCUT2D eigenvalue weighted by molar-refractivity contribution is 8.18. The van der Waals surface area contributed by atoms with E-state index in [0.29, 0.717) is 5.69 Å². The van der Waals surface area contributed by atoms with Crippen LogP contribution in [0.5, 0.6) is 0 Å². The van der Waals surface area contributed by atoms with E-state index in [0.717, 1.165) is 11.8 Å². The standard InChI is InChI=1S/C19H23N5O6S/c1-18(2,3)30-17(29)24-8-7-23(10-19(24,4)14(26)27)15-20-6-5-11(21-15)9-12-13(25)22-16(28)31-12/h5-6,9H,7-8,10H2,1-4H3,(H,26,27)(H,22,25,28). The summed E-state index contributed by atoms with van der Waals surface area (Å²) in [5.41, 5.74) is -1.93. The number of imide groups is 1. The fourth-order valence-corrected chi connectivity index (χ4v) is 3.78. The Labute approximate surface area is 182 Å². The molecule has 0 spiro atoms. The highest BCUT2D eigenvalue weighted by atomic mass is 32.2. The van der Waals surface area contributed by atoms with E-state index in [4.69, 9.17) is 4.74 Å². The molecule has 1 aromatic heterocycles.